The molecule has 0 saturated carbocycles. The lowest BCUT2D eigenvalue weighted by Gasteiger charge is -2.08. The van der Waals surface area contributed by atoms with E-state index in [2.05, 4.69) is 11.4 Å². The van der Waals surface area contributed by atoms with Gasteiger partial charge in [0.15, 0.2) is 6.61 Å². The van der Waals surface area contributed by atoms with Crippen LogP contribution in [0, 0.1) is 11.3 Å². The molecule has 0 spiro atoms. The number of hydrogen-bond acceptors (Lipinski definition) is 3. The van der Waals surface area contributed by atoms with Crippen LogP contribution < -0.4 is 10.1 Å². The predicted molar refractivity (Wildman–Crippen MR) is 84.6 cm³/mol. The summed E-state index contributed by atoms with van der Waals surface area (Å²) in [5.74, 6) is 0.390. The smallest absolute Gasteiger partial charge is 0.258 e. The third-order valence-corrected chi connectivity index (χ3v) is 3.19. The van der Waals surface area contributed by atoms with Gasteiger partial charge in [0.1, 0.15) is 5.75 Å². The van der Waals surface area contributed by atoms with Gasteiger partial charge >= 0.3 is 0 Å². The zero-order chi connectivity index (χ0) is 15.8. The van der Waals surface area contributed by atoms with Crippen molar-refractivity contribution in [3.05, 3.63) is 64.7 Å². The lowest BCUT2D eigenvalue weighted by Crippen LogP contribution is -2.28. The largest absolute Gasteiger partial charge is 0.484 e. The maximum absolute atomic E-state index is 11.7. The fourth-order valence-corrected chi connectivity index (χ4v) is 2.06. The Morgan fingerprint density at radius 3 is 2.64 bits per heavy atom. The molecule has 2 aromatic carbocycles. The Bertz CT molecular complexity index is 678. The van der Waals surface area contributed by atoms with Gasteiger partial charge in [-0.15, -0.1) is 0 Å². The van der Waals surface area contributed by atoms with Crippen LogP contribution in [0.1, 0.15) is 11.1 Å². The second kappa shape index (κ2) is 8.06. The zero-order valence-electron chi connectivity index (χ0n) is 11.9. The van der Waals surface area contributed by atoms with E-state index in [1.165, 1.54) is 0 Å². The second-order valence-corrected chi connectivity index (χ2v) is 5.11. The Kier molecular flexibility index (Phi) is 5.81. The van der Waals surface area contributed by atoms with Gasteiger partial charge in [-0.3, -0.25) is 4.79 Å². The Hall–Kier alpha value is -2.51. The van der Waals surface area contributed by atoms with Gasteiger partial charge in [0.25, 0.3) is 5.91 Å². The molecule has 0 aliphatic rings. The third kappa shape index (κ3) is 5.12. The summed E-state index contributed by atoms with van der Waals surface area (Å²) in [7, 11) is 0. The summed E-state index contributed by atoms with van der Waals surface area (Å²) in [5, 5.41) is 12.0. The fourth-order valence-electron chi connectivity index (χ4n) is 1.84. The number of nitrogens with one attached hydrogen (secondary N) is 1. The highest BCUT2D eigenvalue weighted by Gasteiger charge is 2.03. The number of hydrogen-bond donors (Lipinski definition) is 1. The number of nitrogens with zero attached hydrogens (tertiary/aromatic N) is 1. The first-order valence-corrected chi connectivity index (χ1v) is 7.15. The van der Waals surface area contributed by atoms with Gasteiger partial charge < -0.3 is 10.1 Å². The average molecular weight is 315 g/mol. The fraction of sp³-hybridized carbons (Fsp3) is 0.176. The van der Waals surface area contributed by atoms with Crippen molar-refractivity contribution in [2.45, 2.75) is 13.0 Å². The molecule has 1 amide bonds. The summed E-state index contributed by atoms with van der Waals surface area (Å²) < 4.78 is 5.39. The first-order chi connectivity index (χ1) is 10.7. The number of rotatable bonds is 6. The third-order valence-electron chi connectivity index (χ3n) is 2.96. The molecule has 112 valence electrons. The highest BCUT2D eigenvalue weighted by atomic mass is 35.5. The van der Waals surface area contributed by atoms with Crippen LogP contribution >= 0.6 is 11.6 Å². The van der Waals surface area contributed by atoms with Gasteiger partial charge in [-0.2, -0.15) is 5.26 Å². The lowest BCUT2D eigenvalue weighted by molar-refractivity contribution is -0.123. The molecule has 0 heterocycles. The van der Waals surface area contributed by atoms with Crippen molar-refractivity contribution in [2.75, 3.05) is 6.61 Å². The predicted octanol–water partition coefficient (Wildman–Crippen LogP) is 3.10. The molecule has 0 aliphatic carbocycles. The van der Waals surface area contributed by atoms with E-state index in [0.717, 1.165) is 11.1 Å². The van der Waals surface area contributed by atoms with Crippen molar-refractivity contribution in [3.8, 4) is 11.8 Å². The molecule has 0 atom stereocenters. The SMILES string of the molecule is N#CCc1ccc(OCC(=O)NCc2cccc(Cl)c2)cc1. The molecule has 0 aliphatic heterocycles. The second-order valence-electron chi connectivity index (χ2n) is 4.67. The molecule has 0 bridgehead atoms. The standard InChI is InChI=1S/C17H15ClN2O2/c18-15-3-1-2-14(10-15)11-20-17(21)12-22-16-6-4-13(5-7-16)8-9-19/h1-7,10H,8,11-12H2,(H,20,21). The van der Waals surface area contributed by atoms with Gasteiger partial charge in [-0.25, -0.2) is 0 Å². The molecule has 0 fully saturated rings. The van der Waals surface area contributed by atoms with Crippen LogP contribution in [0.3, 0.4) is 0 Å². The molecule has 1 N–H and O–H groups in total. The van der Waals surface area contributed by atoms with E-state index in [1.807, 2.05) is 24.3 Å². The minimum atomic E-state index is -0.207. The van der Waals surface area contributed by atoms with Crippen molar-refractivity contribution < 1.29 is 9.53 Å². The molecule has 0 aromatic heterocycles. The number of benzene rings is 2. The zero-order valence-corrected chi connectivity index (χ0v) is 12.6. The molecule has 5 heteroatoms. The van der Waals surface area contributed by atoms with Gasteiger partial charge in [-0.05, 0) is 35.4 Å². The molecular weight excluding hydrogens is 300 g/mol. The molecular formula is C17H15ClN2O2. The van der Waals surface area contributed by atoms with Crippen LogP contribution in [0.15, 0.2) is 48.5 Å². The van der Waals surface area contributed by atoms with Crippen molar-refractivity contribution in [3.63, 3.8) is 0 Å². The van der Waals surface area contributed by atoms with E-state index >= 15 is 0 Å². The van der Waals surface area contributed by atoms with E-state index in [0.29, 0.717) is 23.7 Å². The summed E-state index contributed by atoms with van der Waals surface area (Å²) in [5.41, 5.74) is 1.85. The van der Waals surface area contributed by atoms with Crippen LogP contribution in [0.5, 0.6) is 5.75 Å². The van der Waals surface area contributed by atoms with Crippen molar-refractivity contribution >= 4 is 17.5 Å². The first kappa shape index (κ1) is 15.9. The van der Waals surface area contributed by atoms with E-state index in [4.69, 9.17) is 21.6 Å². The molecule has 0 unspecified atom stereocenters. The quantitative estimate of drug-likeness (QED) is 0.891. The van der Waals surface area contributed by atoms with Crippen LogP contribution in [0.25, 0.3) is 0 Å². The molecule has 2 aromatic rings. The van der Waals surface area contributed by atoms with E-state index in [9.17, 15) is 4.79 Å². The van der Waals surface area contributed by atoms with Crippen molar-refractivity contribution in [1.29, 1.82) is 5.26 Å². The monoisotopic (exact) mass is 314 g/mol. The summed E-state index contributed by atoms with van der Waals surface area (Å²) in [4.78, 5) is 11.7. The maximum Gasteiger partial charge on any atom is 0.258 e. The van der Waals surface area contributed by atoms with Crippen molar-refractivity contribution in [2.24, 2.45) is 0 Å². The van der Waals surface area contributed by atoms with Gasteiger partial charge in [0.2, 0.25) is 0 Å². The normalized spacial score (nSPS) is 9.82. The number of carbonyl (C=O) groups is 1. The molecule has 4 nitrogen and oxygen atoms in total. The van der Waals surface area contributed by atoms with Gasteiger partial charge in [0.05, 0.1) is 12.5 Å². The van der Waals surface area contributed by atoms with E-state index in [1.54, 1.807) is 24.3 Å². The highest BCUT2D eigenvalue weighted by molar-refractivity contribution is 6.30. The van der Waals surface area contributed by atoms with E-state index < -0.39 is 0 Å². The Morgan fingerprint density at radius 1 is 1.18 bits per heavy atom. The number of halogens is 1. The minimum absolute atomic E-state index is 0.0574. The Labute approximate surface area is 134 Å². The van der Waals surface area contributed by atoms with Gasteiger partial charge in [-0.1, -0.05) is 35.9 Å². The molecule has 22 heavy (non-hydrogen) atoms. The van der Waals surface area contributed by atoms with Gasteiger partial charge in [0, 0.05) is 11.6 Å². The average Bonchev–Trinajstić information content (AvgIpc) is 2.53. The molecule has 0 radical (unpaired) electrons. The summed E-state index contributed by atoms with van der Waals surface area (Å²) in [6.45, 7) is 0.349. The Morgan fingerprint density at radius 2 is 1.95 bits per heavy atom. The minimum Gasteiger partial charge on any atom is -0.484 e. The van der Waals surface area contributed by atoms with E-state index in [-0.39, 0.29) is 12.5 Å². The number of ether oxygens (including phenoxy) is 1. The number of carbonyl (C=O) groups excluding carboxylic acids is 1. The number of nitriles is 1. The first-order valence-electron chi connectivity index (χ1n) is 6.77. The Balaban J connectivity index is 1.76. The summed E-state index contributed by atoms with van der Waals surface area (Å²) in [6.07, 6.45) is 0.362. The van der Waals surface area contributed by atoms with Crippen LogP contribution in [0.4, 0.5) is 0 Å². The van der Waals surface area contributed by atoms with Crippen molar-refractivity contribution in [1.82, 2.24) is 5.32 Å². The molecule has 0 saturated heterocycles. The number of amides is 1. The van der Waals surface area contributed by atoms with Crippen LogP contribution in [0.2, 0.25) is 5.02 Å². The highest BCUT2D eigenvalue weighted by Crippen LogP contribution is 2.12. The molecule has 2 rings (SSSR count). The van der Waals surface area contributed by atoms with Crippen LogP contribution in [-0.2, 0) is 17.8 Å². The maximum atomic E-state index is 11.7. The lowest BCUT2D eigenvalue weighted by atomic mass is 10.2. The summed E-state index contributed by atoms with van der Waals surface area (Å²) >= 11 is 5.88. The van der Waals surface area contributed by atoms with Crippen LogP contribution in [-0.4, -0.2) is 12.5 Å². The topological polar surface area (TPSA) is 62.1 Å². The summed E-state index contributed by atoms with van der Waals surface area (Å²) in [6, 6.07) is 16.5.